The highest BCUT2D eigenvalue weighted by Crippen LogP contribution is 2.44. The van der Waals surface area contributed by atoms with Crippen LogP contribution >= 0.6 is 0 Å². The van der Waals surface area contributed by atoms with E-state index < -0.39 is 5.60 Å². The van der Waals surface area contributed by atoms with E-state index in [0.29, 0.717) is 0 Å². The predicted octanol–water partition coefficient (Wildman–Crippen LogP) is 3.16. The van der Waals surface area contributed by atoms with E-state index in [1.54, 1.807) is 0 Å². The normalized spacial score (nSPS) is 34.0. The zero-order chi connectivity index (χ0) is 14.6. The molecule has 3 heteroatoms. The number of rotatable bonds is 0. The number of fused-ring (bicyclic) bond motifs is 3. The van der Waals surface area contributed by atoms with Crippen molar-refractivity contribution in [1.29, 1.82) is 0 Å². The molecule has 3 aliphatic rings. The summed E-state index contributed by atoms with van der Waals surface area (Å²) in [5.74, 6) is 0.214. The third-order valence-corrected chi connectivity index (χ3v) is 5.34. The summed E-state index contributed by atoms with van der Waals surface area (Å²) in [7, 11) is 0. The van der Waals surface area contributed by atoms with Crippen molar-refractivity contribution >= 4 is 10.9 Å². The summed E-state index contributed by atoms with van der Waals surface area (Å²) in [6.07, 6.45) is 3.22. The molecule has 110 valence electrons. The Morgan fingerprint density at radius 2 is 2.14 bits per heavy atom. The van der Waals surface area contributed by atoms with E-state index in [2.05, 4.69) is 41.1 Å². The standard InChI is InChI=1S/C18H22N2O/c1-3-12-10-20-9-8-15(12)18(2,21)17-14(11-20)13-6-4-5-7-16(13)19-17/h3-7,15,19,21H,8-11H2,1-2H3/b12-3+/t15-,18+/m1/s1. The van der Waals surface area contributed by atoms with E-state index in [1.165, 1.54) is 16.5 Å². The lowest BCUT2D eigenvalue weighted by Crippen LogP contribution is -2.46. The van der Waals surface area contributed by atoms with Gasteiger partial charge in [0.25, 0.3) is 0 Å². The Bertz CT molecular complexity index is 726. The van der Waals surface area contributed by atoms with Gasteiger partial charge < -0.3 is 10.1 Å². The van der Waals surface area contributed by atoms with E-state index in [4.69, 9.17) is 0 Å². The number of benzene rings is 1. The maximum absolute atomic E-state index is 11.3. The summed E-state index contributed by atoms with van der Waals surface area (Å²) in [5.41, 5.74) is 3.97. The van der Waals surface area contributed by atoms with Gasteiger partial charge in [0.15, 0.2) is 0 Å². The first kappa shape index (κ1) is 13.1. The van der Waals surface area contributed by atoms with Gasteiger partial charge in [-0.15, -0.1) is 0 Å². The average molecular weight is 282 g/mol. The maximum atomic E-state index is 11.3. The molecule has 1 unspecified atom stereocenters. The van der Waals surface area contributed by atoms with Crippen molar-refractivity contribution in [3.8, 4) is 0 Å². The number of hydrogen-bond acceptors (Lipinski definition) is 2. The first-order valence-electron chi connectivity index (χ1n) is 7.81. The number of piperidine rings is 1. The highest BCUT2D eigenvalue weighted by molar-refractivity contribution is 5.85. The molecule has 0 amide bonds. The second-order valence-electron chi connectivity index (χ2n) is 6.59. The summed E-state index contributed by atoms with van der Waals surface area (Å²) in [5, 5.41) is 12.6. The molecule has 0 radical (unpaired) electrons. The van der Waals surface area contributed by atoms with E-state index in [-0.39, 0.29) is 5.92 Å². The van der Waals surface area contributed by atoms with Crippen LogP contribution in [0.4, 0.5) is 0 Å². The number of allylic oxidation sites excluding steroid dienone is 1. The minimum atomic E-state index is -0.817. The van der Waals surface area contributed by atoms with Crippen LogP contribution in [0.2, 0.25) is 0 Å². The number of nitrogens with one attached hydrogen (secondary N) is 1. The van der Waals surface area contributed by atoms with Crippen LogP contribution in [0.25, 0.3) is 10.9 Å². The Balaban J connectivity index is 1.99. The number of nitrogens with zero attached hydrogens (tertiary/aromatic N) is 1. The summed E-state index contributed by atoms with van der Waals surface area (Å²) in [6.45, 7) is 7.04. The van der Waals surface area contributed by atoms with Crippen LogP contribution in [-0.4, -0.2) is 28.1 Å². The van der Waals surface area contributed by atoms with Gasteiger partial charge in [0.1, 0.15) is 5.60 Å². The number of para-hydroxylation sites is 1. The zero-order valence-corrected chi connectivity index (χ0v) is 12.7. The topological polar surface area (TPSA) is 39.3 Å². The SMILES string of the molecule is C/C=C1\CN2CC[C@H]1[C@](C)(O)c1[nH]c3ccccc3c1C2. The summed E-state index contributed by atoms with van der Waals surface area (Å²) >= 11 is 0. The second kappa shape index (κ2) is 4.46. The molecule has 0 spiro atoms. The summed E-state index contributed by atoms with van der Waals surface area (Å²) in [6, 6.07) is 8.39. The fourth-order valence-electron chi connectivity index (χ4n) is 4.21. The Labute approximate surface area is 125 Å². The zero-order valence-electron chi connectivity index (χ0n) is 12.7. The lowest BCUT2D eigenvalue weighted by Gasteiger charge is -2.44. The third kappa shape index (κ3) is 1.81. The Kier molecular flexibility index (Phi) is 2.78. The molecule has 3 atom stereocenters. The molecule has 2 bridgehead atoms. The van der Waals surface area contributed by atoms with Gasteiger partial charge in [-0.3, -0.25) is 4.90 Å². The molecule has 2 aromatic rings. The Morgan fingerprint density at radius 1 is 1.33 bits per heavy atom. The summed E-state index contributed by atoms with van der Waals surface area (Å²) in [4.78, 5) is 6.00. The van der Waals surface area contributed by atoms with Crippen LogP contribution in [0.1, 0.15) is 31.5 Å². The monoisotopic (exact) mass is 282 g/mol. The van der Waals surface area contributed by atoms with Gasteiger partial charge in [0, 0.05) is 29.9 Å². The van der Waals surface area contributed by atoms with Crippen LogP contribution in [0.15, 0.2) is 35.9 Å². The van der Waals surface area contributed by atoms with Crippen LogP contribution in [0.5, 0.6) is 0 Å². The van der Waals surface area contributed by atoms with Gasteiger partial charge in [-0.05, 0) is 38.4 Å². The smallest absolute Gasteiger partial charge is 0.108 e. The molecular weight excluding hydrogens is 260 g/mol. The summed E-state index contributed by atoms with van der Waals surface area (Å²) < 4.78 is 0. The average Bonchev–Trinajstić information content (AvgIpc) is 2.85. The van der Waals surface area contributed by atoms with E-state index >= 15 is 0 Å². The van der Waals surface area contributed by atoms with Gasteiger partial charge in [-0.2, -0.15) is 0 Å². The molecule has 3 nitrogen and oxygen atoms in total. The van der Waals surface area contributed by atoms with E-state index in [1.807, 2.05) is 13.0 Å². The van der Waals surface area contributed by atoms with Gasteiger partial charge in [-0.1, -0.05) is 29.8 Å². The second-order valence-corrected chi connectivity index (χ2v) is 6.59. The van der Waals surface area contributed by atoms with Gasteiger partial charge >= 0.3 is 0 Å². The molecule has 21 heavy (non-hydrogen) atoms. The number of hydrogen-bond donors (Lipinski definition) is 2. The molecule has 4 heterocycles. The molecular formula is C18H22N2O. The number of aliphatic hydroxyl groups is 1. The van der Waals surface area contributed by atoms with Crippen molar-refractivity contribution in [3.63, 3.8) is 0 Å². The van der Waals surface area contributed by atoms with Crippen molar-refractivity contribution in [2.75, 3.05) is 13.1 Å². The van der Waals surface area contributed by atoms with Crippen molar-refractivity contribution in [1.82, 2.24) is 9.88 Å². The van der Waals surface area contributed by atoms with Crippen LogP contribution in [0, 0.1) is 5.92 Å². The molecule has 2 N–H and O–H groups in total. The fraction of sp³-hybridized carbons (Fsp3) is 0.444. The molecule has 3 aliphatic heterocycles. The highest BCUT2D eigenvalue weighted by atomic mass is 16.3. The molecule has 1 aromatic heterocycles. The lowest BCUT2D eigenvalue weighted by molar-refractivity contribution is -0.0203. The molecule has 1 aromatic carbocycles. The van der Waals surface area contributed by atoms with E-state index in [9.17, 15) is 5.11 Å². The first-order valence-corrected chi connectivity index (χ1v) is 7.81. The predicted molar refractivity (Wildman–Crippen MR) is 85.0 cm³/mol. The maximum Gasteiger partial charge on any atom is 0.108 e. The van der Waals surface area contributed by atoms with Crippen molar-refractivity contribution in [2.45, 2.75) is 32.4 Å². The molecule has 0 aliphatic carbocycles. The van der Waals surface area contributed by atoms with Gasteiger partial charge in [0.05, 0.1) is 5.69 Å². The minimum Gasteiger partial charge on any atom is -0.383 e. The van der Waals surface area contributed by atoms with Crippen molar-refractivity contribution in [2.24, 2.45) is 5.92 Å². The van der Waals surface area contributed by atoms with Crippen molar-refractivity contribution in [3.05, 3.63) is 47.2 Å². The van der Waals surface area contributed by atoms with Gasteiger partial charge in [0.2, 0.25) is 0 Å². The number of aromatic amines is 1. The molecule has 0 saturated carbocycles. The Hall–Kier alpha value is -1.58. The van der Waals surface area contributed by atoms with Gasteiger partial charge in [-0.25, -0.2) is 0 Å². The minimum absolute atomic E-state index is 0.214. The molecule has 1 saturated heterocycles. The molecule has 1 fully saturated rings. The fourth-order valence-corrected chi connectivity index (χ4v) is 4.21. The number of H-pyrrole nitrogens is 1. The quantitative estimate of drug-likeness (QED) is 0.729. The van der Waals surface area contributed by atoms with Crippen LogP contribution in [-0.2, 0) is 12.1 Å². The van der Waals surface area contributed by atoms with E-state index in [0.717, 1.165) is 37.3 Å². The lowest BCUT2D eigenvalue weighted by atomic mass is 9.74. The first-order chi connectivity index (χ1) is 10.1. The largest absolute Gasteiger partial charge is 0.383 e. The van der Waals surface area contributed by atoms with Crippen LogP contribution < -0.4 is 0 Å². The third-order valence-electron chi connectivity index (χ3n) is 5.34. The highest BCUT2D eigenvalue weighted by Gasteiger charge is 2.43. The Morgan fingerprint density at radius 3 is 2.95 bits per heavy atom. The van der Waals surface area contributed by atoms with Crippen molar-refractivity contribution < 1.29 is 5.11 Å². The van der Waals surface area contributed by atoms with Crippen LogP contribution in [0.3, 0.4) is 0 Å². The number of aromatic nitrogens is 1. The molecule has 5 rings (SSSR count).